The summed E-state index contributed by atoms with van der Waals surface area (Å²) in [6.07, 6.45) is 0. The van der Waals surface area contributed by atoms with E-state index in [0.29, 0.717) is 18.4 Å². The smallest absolute Gasteiger partial charge is 0.137 e. The summed E-state index contributed by atoms with van der Waals surface area (Å²) in [5.41, 5.74) is 3.22. The molecule has 0 saturated carbocycles. The summed E-state index contributed by atoms with van der Waals surface area (Å²) in [4.78, 5) is 9.33. The third kappa shape index (κ3) is 4.16. The molecule has 0 atom stereocenters. The molecule has 0 fully saturated rings. The van der Waals surface area contributed by atoms with Crippen molar-refractivity contribution in [3.8, 4) is 0 Å². The Kier molecular flexibility index (Phi) is 5.44. The molecule has 0 spiro atoms. The van der Waals surface area contributed by atoms with Crippen LogP contribution in [0, 0.1) is 0 Å². The predicted molar refractivity (Wildman–Crippen MR) is 114 cm³/mol. The quantitative estimate of drug-likeness (QED) is 0.565. The topological polar surface area (TPSA) is 18.8 Å². The molecule has 0 unspecified atom stereocenters. The lowest BCUT2D eigenvalue weighted by Crippen LogP contribution is -2.46. The van der Waals surface area contributed by atoms with Gasteiger partial charge in [0.05, 0.1) is 13.3 Å². The highest BCUT2D eigenvalue weighted by molar-refractivity contribution is 6.31. The maximum atomic E-state index is 6.35. The fourth-order valence-electron chi connectivity index (χ4n) is 3.21. The van der Waals surface area contributed by atoms with Crippen molar-refractivity contribution in [2.75, 3.05) is 18.2 Å². The summed E-state index contributed by atoms with van der Waals surface area (Å²) in [7, 11) is 0. The van der Waals surface area contributed by atoms with Gasteiger partial charge in [-0.05, 0) is 29.8 Å². The molecule has 0 saturated heterocycles. The van der Waals surface area contributed by atoms with Gasteiger partial charge in [-0.15, -0.1) is 0 Å². The number of hydrogen-bond donors (Lipinski definition) is 0. The van der Waals surface area contributed by atoms with Gasteiger partial charge in [0.1, 0.15) is 5.84 Å². The van der Waals surface area contributed by atoms with E-state index in [1.54, 1.807) is 0 Å². The third-order valence-electron chi connectivity index (χ3n) is 4.52. The Hall–Kier alpha value is -2.33. The Morgan fingerprint density at radius 2 is 1.63 bits per heavy atom. The molecule has 3 aromatic rings. The summed E-state index contributed by atoms with van der Waals surface area (Å²) < 4.78 is 0. The van der Waals surface area contributed by atoms with Gasteiger partial charge < -0.3 is 4.90 Å². The Morgan fingerprint density at radius 3 is 2.41 bits per heavy atom. The molecule has 0 bridgehead atoms. The molecule has 0 radical (unpaired) electrons. The van der Waals surface area contributed by atoms with E-state index in [4.69, 9.17) is 28.2 Å². The molecule has 5 heteroatoms. The lowest BCUT2D eigenvalue weighted by Gasteiger charge is -2.36. The first kappa shape index (κ1) is 18.1. The summed E-state index contributed by atoms with van der Waals surface area (Å²) in [5, 5.41) is 1.49. The van der Waals surface area contributed by atoms with Gasteiger partial charge in [0.15, 0.2) is 0 Å². The van der Waals surface area contributed by atoms with Crippen LogP contribution in [-0.2, 0) is 6.54 Å². The molecular weight excluding hydrogens is 377 g/mol. The first-order valence-electron chi connectivity index (χ1n) is 8.79. The molecule has 1 heterocycles. The third-order valence-corrected chi connectivity index (χ3v) is 5.13. The molecule has 0 aliphatic carbocycles. The minimum absolute atomic E-state index is 0.618. The molecule has 3 nitrogen and oxygen atoms in total. The van der Waals surface area contributed by atoms with Crippen LogP contribution in [0.2, 0.25) is 10.0 Å². The van der Waals surface area contributed by atoms with E-state index < -0.39 is 0 Å². The molecule has 4 rings (SSSR count). The second kappa shape index (κ2) is 8.13. The number of aliphatic imine (C=N–C) groups is 1. The van der Waals surface area contributed by atoms with Gasteiger partial charge in [0, 0.05) is 27.8 Å². The minimum atomic E-state index is 0.618. The van der Waals surface area contributed by atoms with Crippen LogP contribution < -0.4 is 4.90 Å². The average molecular weight is 396 g/mol. The van der Waals surface area contributed by atoms with Crippen molar-refractivity contribution in [1.29, 1.82) is 0 Å². The number of benzene rings is 3. The number of amidine groups is 1. The van der Waals surface area contributed by atoms with Crippen molar-refractivity contribution in [2.45, 2.75) is 6.54 Å². The fourth-order valence-corrected chi connectivity index (χ4v) is 3.59. The van der Waals surface area contributed by atoms with E-state index >= 15 is 0 Å². The summed E-state index contributed by atoms with van der Waals surface area (Å²) >= 11 is 12.6. The van der Waals surface area contributed by atoms with Gasteiger partial charge >= 0.3 is 0 Å². The summed E-state index contributed by atoms with van der Waals surface area (Å²) in [6, 6.07) is 26.1. The number of anilines is 1. The van der Waals surface area contributed by atoms with Crippen molar-refractivity contribution in [1.82, 2.24) is 4.90 Å². The van der Waals surface area contributed by atoms with Crippen LogP contribution in [0.1, 0.15) is 11.1 Å². The van der Waals surface area contributed by atoms with Gasteiger partial charge in [-0.25, -0.2) is 0 Å². The van der Waals surface area contributed by atoms with Crippen LogP contribution >= 0.6 is 23.2 Å². The SMILES string of the molecule is Clc1cccc(N2CN(Cc3ccccc3Cl)CN=C2c2ccccc2)c1. The number of halogens is 2. The lowest BCUT2D eigenvalue weighted by molar-refractivity contribution is 0.273. The van der Waals surface area contributed by atoms with Gasteiger partial charge in [-0.2, -0.15) is 0 Å². The molecule has 1 aliphatic rings. The fraction of sp³-hybridized carbons (Fsp3) is 0.136. The predicted octanol–water partition coefficient (Wildman–Crippen LogP) is 5.68. The average Bonchev–Trinajstić information content (AvgIpc) is 2.70. The highest BCUT2D eigenvalue weighted by Crippen LogP contribution is 2.26. The van der Waals surface area contributed by atoms with Crippen molar-refractivity contribution >= 4 is 34.7 Å². The van der Waals surface area contributed by atoms with Crippen LogP contribution in [0.3, 0.4) is 0 Å². The van der Waals surface area contributed by atoms with Crippen molar-refractivity contribution in [3.05, 3.63) is 100 Å². The van der Waals surface area contributed by atoms with E-state index in [1.807, 2.05) is 54.6 Å². The second-order valence-electron chi connectivity index (χ2n) is 6.46. The molecule has 27 heavy (non-hydrogen) atoms. The highest BCUT2D eigenvalue weighted by atomic mass is 35.5. The first-order valence-corrected chi connectivity index (χ1v) is 9.55. The maximum Gasteiger partial charge on any atom is 0.137 e. The molecule has 0 N–H and O–H groups in total. The van der Waals surface area contributed by atoms with E-state index in [9.17, 15) is 0 Å². The van der Waals surface area contributed by atoms with E-state index in [1.165, 1.54) is 0 Å². The Balaban J connectivity index is 1.67. The van der Waals surface area contributed by atoms with E-state index in [0.717, 1.165) is 34.2 Å². The minimum Gasteiger partial charge on any atom is -0.313 e. The monoisotopic (exact) mass is 395 g/mol. The van der Waals surface area contributed by atoms with E-state index in [2.05, 4.69) is 34.1 Å². The molecule has 3 aromatic carbocycles. The summed E-state index contributed by atoms with van der Waals surface area (Å²) in [5.74, 6) is 0.952. The van der Waals surface area contributed by atoms with Crippen molar-refractivity contribution < 1.29 is 0 Å². The zero-order valence-electron chi connectivity index (χ0n) is 14.7. The normalized spacial score (nSPS) is 14.9. The largest absolute Gasteiger partial charge is 0.313 e. The van der Waals surface area contributed by atoms with E-state index in [-0.39, 0.29) is 0 Å². The Labute approximate surface area is 169 Å². The van der Waals surface area contributed by atoms with Gasteiger partial charge in [-0.3, -0.25) is 9.89 Å². The molecule has 1 aliphatic heterocycles. The van der Waals surface area contributed by atoms with Crippen LogP contribution in [0.15, 0.2) is 83.9 Å². The molecule has 0 amide bonds. The van der Waals surface area contributed by atoms with Crippen LogP contribution in [-0.4, -0.2) is 24.1 Å². The lowest BCUT2D eigenvalue weighted by atomic mass is 10.1. The zero-order chi connectivity index (χ0) is 18.6. The molecule has 0 aromatic heterocycles. The number of hydrogen-bond acceptors (Lipinski definition) is 3. The maximum absolute atomic E-state index is 6.35. The highest BCUT2D eigenvalue weighted by Gasteiger charge is 2.24. The molecular formula is C22H19Cl2N3. The van der Waals surface area contributed by atoms with Crippen LogP contribution in [0.5, 0.6) is 0 Å². The number of rotatable bonds is 4. The van der Waals surface area contributed by atoms with Crippen LogP contribution in [0.4, 0.5) is 5.69 Å². The first-order chi connectivity index (χ1) is 13.2. The standard InChI is InChI=1S/C22H19Cl2N3/c23-19-10-6-11-20(13-19)27-16-26(14-18-9-4-5-12-21(18)24)15-25-22(27)17-7-2-1-3-8-17/h1-13H,14-16H2. The Morgan fingerprint density at radius 1 is 0.852 bits per heavy atom. The number of nitrogens with zero attached hydrogens (tertiary/aromatic N) is 3. The van der Waals surface area contributed by atoms with Gasteiger partial charge in [-0.1, -0.05) is 77.8 Å². The Bertz CT molecular complexity index is 957. The van der Waals surface area contributed by atoms with Crippen molar-refractivity contribution in [2.24, 2.45) is 4.99 Å². The van der Waals surface area contributed by atoms with Gasteiger partial charge in [0.25, 0.3) is 0 Å². The van der Waals surface area contributed by atoms with Crippen LogP contribution in [0.25, 0.3) is 0 Å². The van der Waals surface area contributed by atoms with Gasteiger partial charge in [0.2, 0.25) is 0 Å². The molecule has 136 valence electrons. The summed E-state index contributed by atoms with van der Waals surface area (Å²) in [6.45, 7) is 2.06. The zero-order valence-corrected chi connectivity index (χ0v) is 16.2. The second-order valence-corrected chi connectivity index (χ2v) is 7.30. The van der Waals surface area contributed by atoms with Crippen molar-refractivity contribution in [3.63, 3.8) is 0 Å².